The lowest BCUT2D eigenvalue weighted by Crippen LogP contribution is -2.19. The molecule has 5 nitrogen and oxygen atoms in total. The van der Waals surface area contributed by atoms with Crippen molar-refractivity contribution in [1.29, 1.82) is 0 Å². The number of hydrogen-bond acceptors (Lipinski definition) is 3. The Morgan fingerprint density at radius 3 is 3.06 bits per heavy atom. The first-order valence-electron chi connectivity index (χ1n) is 4.79. The molecule has 0 bridgehead atoms. The van der Waals surface area contributed by atoms with Crippen molar-refractivity contribution in [3.63, 3.8) is 0 Å². The Hall–Kier alpha value is -2.35. The Morgan fingerprint density at radius 2 is 2.25 bits per heavy atom. The van der Waals surface area contributed by atoms with Gasteiger partial charge < -0.3 is 5.32 Å². The SMILES string of the molecule is CC(=O)NCC#Cc1ccc2n[nH]nc2c1. The highest BCUT2D eigenvalue weighted by Gasteiger charge is 1.96. The molecule has 1 aromatic heterocycles. The van der Waals surface area contributed by atoms with Gasteiger partial charge >= 0.3 is 0 Å². The lowest BCUT2D eigenvalue weighted by atomic mass is 10.2. The lowest BCUT2D eigenvalue weighted by Gasteiger charge is -1.92. The van der Waals surface area contributed by atoms with E-state index in [2.05, 4.69) is 32.6 Å². The monoisotopic (exact) mass is 214 g/mol. The van der Waals surface area contributed by atoms with Gasteiger partial charge in [-0.25, -0.2) is 0 Å². The summed E-state index contributed by atoms with van der Waals surface area (Å²) >= 11 is 0. The van der Waals surface area contributed by atoms with Crippen LogP contribution in [0, 0.1) is 11.8 Å². The number of H-pyrrole nitrogens is 1. The number of carbonyl (C=O) groups excluding carboxylic acids is 1. The molecule has 0 fully saturated rings. The molecule has 0 aliphatic carbocycles. The maximum Gasteiger partial charge on any atom is 0.217 e. The summed E-state index contributed by atoms with van der Waals surface area (Å²) in [5, 5.41) is 13.0. The van der Waals surface area contributed by atoms with Gasteiger partial charge in [0.15, 0.2) is 0 Å². The van der Waals surface area contributed by atoms with E-state index in [0.29, 0.717) is 6.54 Å². The molecule has 0 saturated carbocycles. The van der Waals surface area contributed by atoms with Crippen molar-refractivity contribution in [2.24, 2.45) is 0 Å². The highest BCUT2D eigenvalue weighted by atomic mass is 16.1. The quantitative estimate of drug-likeness (QED) is 0.677. The first-order chi connectivity index (χ1) is 7.75. The fraction of sp³-hybridized carbons (Fsp3) is 0.182. The number of hydrogen-bond donors (Lipinski definition) is 2. The summed E-state index contributed by atoms with van der Waals surface area (Å²) < 4.78 is 0. The predicted molar refractivity (Wildman–Crippen MR) is 59.5 cm³/mol. The van der Waals surface area contributed by atoms with Gasteiger partial charge in [-0.05, 0) is 18.2 Å². The fourth-order valence-corrected chi connectivity index (χ4v) is 1.23. The van der Waals surface area contributed by atoms with Crippen LogP contribution in [0.3, 0.4) is 0 Å². The van der Waals surface area contributed by atoms with Crippen LogP contribution in [0.25, 0.3) is 11.0 Å². The highest BCUT2D eigenvalue weighted by Crippen LogP contribution is 2.08. The second-order valence-electron chi connectivity index (χ2n) is 3.24. The molecule has 2 N–H and O–H groups in total. The molecule has 0 atom stereocenters. The summed E-state index contributed by atoms with van der Waals surface area (Å²) in [6, 6.07) is 5.56. The largest absolute Gasteiger partial charge is 0.345 e. The van der Waals surface area contributed by atoms with Crippen LogP contribution in [0.15, 0.2) is 18.2 Å². The number of nitrogens with one attached hydrogen (secondary N) is 2. The van der Waals surface area contributed by atoms with Crippen molar-refractivity contribution in [3.8, 4) is 11.8 Å². The molecule has 1 heterocycles. The molecule has 0 aliphatic rings. The standard InChI is InChI=1S/C11H10N4O/c1-8(16)12-6-2-3-9-4-5-10-11(7-9)14-15-13-10/h4-5,7H,6H2,1H3,(H,12,16)(H,13,14,15). The maximum atomic E-state index is 10.6. The van der Waals surface area contributed by atoms with E-state index < -0.39 is 0 Å². The number of fused-ring (bicyclic) bond motifs is 1. The van der Waals surface area contributed by atoms with Crippen LogP contribution < -0.4 is 5.32 Å². The summed E-state index contributed by atoms with van der Waals surface area (Å²) in [6.07, 6.45) is 0. The van der Waals surface area contributed by atoms with Crippen molar-refractivity contribution >= 4 is 16.9 Å². The molecule has 1 amide bonds. The van der Waals surface area contributed by atoms with E-state index in [1.807, 2.05) is 18.2 Å². The van der Waals surface area contributed by atoms with Crippen molar-refractivity contribution < 1.29 is 4.79 Å². The Kier molecular flexibility index (Phi) is 2.83. The van der Waals surface area contributed by atoms with Crippen molar-refractivity contribution in [2.45, 2.75) is 6.92 Å². The van der Waals surface area contributed by atoms with Gasteiger partial charge in [0.25, 0.3) is 0 Å². The minimum Gasteiger partial charge on any atom is -0.345 e. The van der Waals surface area contributed by atoms with Gasteiger partial charge in [-0.3, -0.25) is 4.79 Å². The lowest BCUT2D eigenvalue weighted by molar-refractivity contribution is -0.118. The summed E-state index contributed by atoms with van der Waals surface area (Å²) in [7, 11) is 0. The Labute approximate surface area is 92.2 Å². The van der Waals surface area contributed by atoms with E-state index in [9.17, 15) is 4.79 Å². The normalized spacial score (nSPS) is 9.56. The number of amides is 1. The van der Waals surface area contributed by atoms with Gasteiger partial charge in [-0.1, -0.05) is 11.8 Å². The molecule has 1 aromatic carbocycles. The number of carbonyl (C=O) groups is 1. The fourth-order valence-electron chi connectivity index (χ4n) is 1.23. The van der Waals surface area contributed by atoms with E-state index in [0.717, 1.165) is 16.6 Å². The summed E-state index contributed by atoms with van der Waals surface area (Å²) in [5.41, 5.74) is 2.45. The molecule has 80 valence electrons. The molecule has 16 heavy (non-hydrogen) atoms. The number of nitrogens with zero attached hydrogens (tertiary/aromatic N) is 2. The number of aromatic nitrogens is 3. The zero-order valence-electron chi connectivity index (χ0n) is 8.74. The van der Waals surface area contributed by atoms with Crippen LogP contribution in [0.2, 0.25) is 0 Å². The van der Waals surface area contributed by atoms with Gasteiger partial charge in [0.1, 0.15) is 11.0 Å². The Bertz CT molecular complexity index is 576. The molecule has 2 aromatic rings. The van der Waals surface area contributed by atoms with Gasteiger partial charge in [0.05, 0.1) is 6.54 Å². The van der Waals surface area contributed by atoms with Crippen LogP contribution in [-0.4, -0.2) is 27.9 Å². The average molecular weight is 214 g/mol. The van der Waals surface area contributed by atoms with Crippen molar-refractivity contribution in [1.82, 2.24) is 20.7 Å². The summed E-state index contributed by atoms with van der Waals surface area (Å²) in [6.45, 7) is 1.81. The number of rotatable bonds is 1. The van der Waals surface area contributed by atoms with E-state index in [1.165, 1.54) is 6.92 Å². The smallest absolute Gasteiger partial charge is 0.217 e. The average Bonchev–Trinajstić information content (AvgIpc) is 2.71. The third kappa shape index (κ3) is 2.36. The van der Waals surface area contributed by atoms with Gasteiger partial charge in [0.2, 0.25) is 5.91 Å². The van der Waals surface area contributed by atoms with Crippen LogP contribution >= 0.6 is 0 Å². The zero-order valence-corrected chi connectivity index (χ0v) is 8.74. The van der Waals surface area contributed by atoms with E-state index in [4.69, 9.17) is 0 Å². The second-order valence-corrected chi connectivity index (χ2v) is 3.24. The van der Waals surface area contributed by atoms with Gasteiger partial charge in [0, 0.05) is 12.5 Å². The molecule has 0 saturated heterocycles. The minimum atomic E-state index is -0.0822. The Balaban J connectivity index is 2.11. The molecular weight excluding hydrogens is 204 g/mol. The molecule has 2 rings (SSSR count). The molecule has 0 unspecified atom stereocenters. The van der Waals surface area contributed by atoms with E-state index in [1.54, 1.807) is 0 Å². The van der Waals surface area contributed by atoms with E-state index in [-0.39, 0.29) is 5.91 Å². The van der Waals surface area contributed by atoms with Crippen LogP contribution in [0.4, 0.5) is 0 Å². The Morgan fingerprint density at radius 1 is 1.44 bits per heavy atom. The first-order valence-corrected chi connectivity index (χ1v) is 4.79. The van der Waals surface area contributed by atoms with Gasteiger partial charge in [-0.2, -0.15) is 15.4 Å². The number of aromatic amines is 1. The number of benzene rings is 1. The first kappa shape index (κ1) is 10.2. The summed E-state index contributed by atoms with van der Waals surface area (Å²) in [5.74, 6) is 5.70. The second kappa shape index (κ2) is 4.45. The van der Waals surface area contributed by atoms with Crippen molar-refractivity contribution in [3.05, 3.63) is 23.8 Å². The van der Waals surface area contributed by atoms with Crippen LogP contribution in [0.1, 0.15) is 12.5 Å². The molecular formula is C11H10N4O. The zero-order chi connectivity index (χ0) is 11.4. The molecule has 0 spiro atoms. The van der Waals surface area contributed by atoms with Gasteiger partial charge in [-0.15, -0.1) is 0 Å². The maximum absolute atomic E-state index is 10.6. The molecule has 0 radical (unpaired) electrons. The van der Waals surface area contributed by atoms with E-state index >= 15 is 0 Å². The van der Waals surface area contributed by atoms with Crippen molar-refractivity contribution in [2.75, 3.05) is 6.54 Å². The summed E-state index contributed by atoms with van der Waals surface area (Å²) in [4.78, 5) is 10.6. The minimum absolute atomic E-state index is 0.0822. The topological polar surface area (TPSA) is 70.7 Å². The van der Waals surface area contributed by atoms with Crippen LogP contribution in [-0.2, 0) is 4.79 Å². The third-order valence-corrected chi connectivity index (χ3v) is 1.97. The predicted octanol–water partition coefficient (Wildman–Crippen LogP) is 0.446. The third-order valence-electron chi connectivity index (χ3n) is 1.97. The molecule has 0 aliphatic heterocycles. The highest BCUT2D eigenvalue weighted by molar-refractivity contribution is 5.75. The molecule has 5 heteroatoms. The van der Waals surface area contributed by atoms with Crippen LogP contribution in [0.5, 0.6) is 0 Å².